The molecule has 0 spiro atoms. The van der Waals surface area contributed by atoms with Crippen LogP contribution in [0.15, 0.2) is 60.7 Å². The molecule has 1 amide bonds. The second-order valence-electron chi connectivity index (χ2n) is 7.01. The van der Waals surface area contributed by atoms with Gasteiger partial charge in [0.2, 0.25) is 0 Å². The van der Waals surface area contributed by atoms with Gasteiger partial charge in [0.25, 0.3) is 5.91 Å². The second-order valence-corrected chi connectivity index (χ2v) is 7.01. The Kier molecular flexibility index (Phi) is 5.81. The fourth-order valence-corrected chi connectivity index (χ4v) is 3.75. The normalized spacial score (nSPS) is 18.7. The summed E-state index contributed by atoms with van der Waals surface area (Å²) >= 11 is 0. The largest absolute Gasteiger partial charge is 0.484 e. The minimum atomic E-state index is -0.294. The molecule has 1 N–H and O–H groups in total. The average molecular weight is 393 g/mol. The van der Waals surface area contributed by atoms with E-state index in [0.29, 0.717) is 31.0 Å². The van der Waals surface area contributed by atoms with Crippen molar-refractivity contribution in [3.63, 3.8) is 0 Å². The number of hydrogen-bond acceptors (Lipinski definition) is 6. The van der Waals surface area contributed by atoms with Crippen LogP contribution in [-0.4, -0.2) is 55.4 Å². The number of aromatic nitrogens is 4. The highest BCUT2D eigenvalue weighted by atomic mass is 16.5. The SMILES string of the molecule is O=C(COc1ccccc1)N1[C@H](CO)CC[C@H]1c1nnnn1Cc1ccccc1. The summed E-state index contributed by atoms with van der Waals surface area (Å²) in [6.45, 7) is 0.317. The summed E-state index contributed by atoms with van der Waals surface area (Å²) in [6.07, 6.45) is 1.38. The topological polar surface area (TPSA) is 93.4 Å². The minimum Gasteiger partial charge on any atom is -0.484 e. The molecule has 0 saturated carbocycles. The number of tetrazole rings is 1. The average Bonchev–Trinajstić information content (AvgIpc) is 3.40. The first kappa shape index (κ1) is 19.1. The van der Waals surface area contributed by atoms with Gasteiger partial charge in [-0.3, -0.25) is 4.79 Å². The standard InChI is InChI=1S/C21H23N5O3/c27-14-17-11-12-19(26(17)20(28)15-29-18-9-5-2-6-10-18)21-22-23-24-25(21)13-16-7-3-1-4-8-16/h1-10,17,19,27H,11-15H2/t17-,19-/m0/s1. The molecular weight excluding hydrogens is 370 g/mol. The van der Waals surface area contributed by atoms with Crippen molar-refractivity contribution in [2.24, 2.45) is 0 Å². The Morgan fingerprint density at radius 1 is 1.07 bits per heavy atom. The van der Waals surface area contributed by atoms with Gasteiger partial charge in [-0.2, -0.15) is 0 Å². The van der Waals surface area contributed by atoms with Crippen LogP contribution in [0.5, 0.6) is 5.75 Å². The summed E-state index contributed by atoms with van der Waals surface area (Å²) in [6, 6.07) is 18.5. The first-order valence-corrected chi connectivity index (χ1v) is 9.66. The highest BCUT2D eigenvalue weighted by Gasteiger charge is 2.40. The van der Waals surface area contributed by atoms with E-state index in [0.717, 1.165) is 5.56 Å². The Morgan fingerprint density at radius 2 is 1.79 bits per heavy atom. The summed E-state index contributed by atoms with van der Waals surface area (Å²) in [5.74, 6) is 1.06. The van der Waals surface area contributed by atoms with E-state index in [1.54, 1.807) is 21.7 Å². The molecule has 2 aromatic carbocycles. The summed E-state index contributed by atoms with van der Waals surface area (Å²) < 4.78 is 7.35. The fourth-order valence-electron chi connectivity index (χ4n) is 3.75. The van der Waals surface area contributed by atoms with Crippen LogP contribution in [0.25, 0.3) is 0 Å². The number of carbonyl (C=O) groups excluding carboxylic acids is 1. The molecule has 1 aliphatic heterocycles. The van der Waals surface area contributed by atoms with E-state index in [-0.39, 0.29) is 31.2 Å². The predicted molar refractivity (Wildman–Crippen MR) is 105 cm³/mol. The predicted octanol–water partition coefficient (Wildman–Crippen LogP) is 1.82. The third-order valence-corrected chi connectivity index (χ3v) is 5.14. The Hall–Kier alpha value is -3.26. The van der Waals surface area contributed by atoms with Crippen LogP contribution in [0.2, 0.25) is 0 Å². The molecule has 2 atom stereocenters. The van der Waals surface area contributed by atoms with E-state index in [1.165, 1.54) is 0 Å². The van der Waals surface area contributed by atoms with Crippen LogP contribution in [-0.2, 0) is 11.3 Å². The Balaban J connectivity index is 1.52. The lowest BCUT2D eigenvalue weighted by Crippen LogP contribution is -2.42. The maximum Gasteiger partial charge on any atom is 0.261 e. The Morgan fingerprint density at radius 3 is 2.52 bits per heavy atom. The van der Waals surface area contributed by atoms with Gasteiger partial charge in [0.05, 0.1) is 25.2 Å². The number of aliphatic hydroxyl groups excluding tert-OH is 1. The number of ether oxygens (including phenoxy) is 1. The van der Waals surface area contributed by atoms with Crippen LogP contribution < -0.4 is 4.74 Å². The first-order chi connectivity index (χ1) is 14.3. The van der Waals surface area contributed by atoms with Crippen LogP contribution in [0.1, 0.15) is 30.3 Å². The molecule has 0 unspecified atom stereocenters. The van der Waals surface area contributed by atoms with E-state index < -0.39 is 0 Å². The summed E-state index contributed by atoms with van der Waals surface area (Å²) in [4.78, 5) is 14.7. The van der Waals surface area contributed by atoms with Crippen molar-refractivity contribution >= 4 is 5.91 Å². The zero-order valence-corrected chi connectivity index (χ0v) is 16.0. The van der Waals surface area contributed by atoms with Crippen molar-refractivity contribution < 1.29 is 14.6 Å². The highest BCUT2D eigenvalue weighted by Crippen LogP contribution is 2.35. The number of hydrogen-bond donors (Lipinski definition) is 1. The van der Waals surface area contributed by atoms with Crippen molar-refractivity contribution in [3.8, 4) is 5.75 Å². The molecule has 1 saturated heterocycles. The van der Waals surface area contributed by atoms with Crippen LogP contribution >= 0.6 is 0 Å². The molecular formula is C21H23N5O3. The smallest absolute Gasteiger partial charge is 0.261 e. The molecule has 0 aliphatic carbocycles. The molecule has 29 heavy (non-hydrogen) atoms. The summed E-state index contributed by atoms with van der Waals surface area (Å²) in [5, 5.41) is 21.9. The molecule has 8 heteroatoms. The number of rotatable bonds is 7. The zero-order valence-electron chi connectivity index (χ0n) is 16.0. The maximum absolute atomic E-state index is 13.0. The summed E-state index contributed by atoms with van der Waals surface area (Å²) in [5.41, 5.74) is 1.07. The number of likely N-dealkylation sites (tertiary alicyclic amines) is 1. The number of benzene rings is 2. The van der Waals surface area contributed by atoms with Crippen molar-refractivity contribution in [3.05, 3.63) is 72.1 Å². The van der Waals surface area contributed by atoms with Crippen molar-refractivity contribution in [1.29, 1.82) is 0 Å². The molecule has 1 fully saturated rings. The van der Waals surface area contributed by atoms with Crippen molar-refractivity contribution in [2.45, 2.75) is 31.5 Å². The van der Waals surface area contributed by atoms with E-state index in [4.69, 9.17) is 4.74 Å². The molecule has 150 valence electrons. The molecule has 0 radical (unpaired) electrons. The Labute approximate surface area is 168 Å². The minimum absolute atomic E-state index is 0.0999. The number of aliphatic hydroxyl groups is 1. The van der Waals surface area contributed by atoms with Gasteiger partial charge >= 0.3 is 0 Å². The van der Waals surface area contributed by atoms with Gasteiger partial charge in [-0.15, -0.1) is 5.10 Å². The van der Waals surface area contributed by atoms with Crippen molar-refractivity contribution in [1.82, 2.24) is 25.1 Å². The number of nitrogens with zero attached hydrogens (tertiary/aromatic N) is 5. The quantitative estimate of drug-likeness (QED) is 0.658. The molecule has 1 aromatic heterocycles. The monoisotopic (exact) mass is 393 g/mol. The van der Waals surface area contributed by atoms with E-state index in [2.05, 4.69) is 15.5 Å². The number of amides is 1. The molecule has 2 heterocycles. The highest BCUT2D eigenvalue weighted by molar-refractivity contribution is 5.79. The maximum atomic E-state index is 13.0. The van der Waals surface area contributed by atoms with Gasteiger partial charge in [-0.05, 0) is 41.0 Å². The number of para-hydroxylation sites is 1. The van der Waals surface area contributed by atoms with E-state index in [1.807, 2.05) is 48.5 Å². The van der Waals surface area contributed by atoms with Gasteiger partial charge in [0.1, 0.15) is 5.75 Å². The van der Waals surface area contributed by atoms with E-state index in [9.17, 15) is 9.90 Å². The van der Waals surface area contributed by atoms with E-state index >= 15 is 0 Å². The molecule has 4 rings (SSSR count). The lowest BCUT2D eigenvalue weighted by Gasteiger charge is -2.28. The summed E-state index contributed by atoms with van der Waals surface area (Å²) in [7, 11) is 0. The van der Waals surface area contributed by atoms with Crippen LogP contribution in [0.3, 0.4) is 0 Å². The van der Waals surface area contributed by atoms with Crippen molar-refractivity contribution in [2.75, 3.05) is 13.2 Å². The second kappa shape index (κ2) is 8.83. The molecule has 0 bridgehead atoms. The van der Waals surface area contributed by atoms with Gasteiger partial charge in [-0.25, -0.2) is 4.68 Å². The molecule has 1 aliphatic rings. The fraction of sp³-hybridized carbons (Fsp3) is 0.333. The van der Waals surface area contributed by atoms with Gasteiger partial charge in [0.15, 0.2) is 12.4 Å². The first-order valence-electron chi connectivity index (χ1n) is 9.66. The van der Waals surface area contributed by atoms with Crippen LogP contribution in [0.4, 0.5) is 0 Å². The third-order valence-electron chi connectivity index (χ3n) is 5.14. The molecule has 3 aromatic rings. The van der Waals surface area contributed by atoms with Crippen LogP contribution in [0, 0.1) is 0 Å². The lowest BCUT2D eigenvalue weighted by molar-refractivity contribution is -0.137. The number of carbonyl (C=O) groups is 1. The molecule has 8 nitrogen and oxygen atoms in total. The zero-order chi connectivity index (χ0) is 20.1. The lowest BCUT2D eigenvalue weighted by atomic mass is 10.2. The Bertz CT molecular complexity index is 932. The van der Waals surface area contributed by atoms with Gasteiger partial charge in [-0.1, -0.05) is 48.5 Å². The third kappa shape index (κ3) is 4.27. The van der Waals surface area contributed by atoms with Gasteiger partial charge < -0.3 is 14.7 Å². The van der Waals surface area contributed by atoms with Gasteiger partial charge in [0, 0.05) is 0 Å².